The van der Waals surface area contributed by atoms with Crippen LogP contribution in [0.5, 0.6) is 0 Å². The molecule has 0 spiro atoms. The fraction of sp³-hybridized carbons (Fsp3) is 0.429. The lowest BCUT2D eigenvalue weighted by Gasteiger charge is -1.88. The van der Waals surface area contributed by atoms with E-state index in [0.29, 0.717) is 6.61 Å². The molecule has 0 heterocycles. The van der Waals surface area contributed by atoms with Gasteiger partial charge in [-0.15, -0.1) is 0 Å². The molecular weight excluding hydrogens is 116 g/mol. The van der Waals surface area contributed by atoms with E-state index in [4.69, 9.17) is 5.11 Å². The van der Waals surface area contributed by atoms with Gasteiger partial charge in [-0.1, -0.05) is 24.5 Å². The Balaban J connectivity index is 3.45. The molecule has 0 saturated carbocycles. The van der Waals surface area contributed by atoms with E-state index in [0.717, 1.165) is 0 Å². The van der Waals surface area contributed by atoms with Gasteiger partial charge in [0.05, 0.1) is 0 Å². The molecular formula is C7H10O2. The summed E-state index contributed by atoms with van der Waals surface area (Å²) in [5.74, 6) is 5.09. The van der Waals surface area contributed by atoms with Crippen LogP contribution in [0, 0.1) is 11.8 Å². The van der Waals surface area contributed by atoms with Crippen molar-refractivity contribution < 1.29 is 9.84 Å². The molecule has 9 heavy (non-hydrogen) atoms. The highest BCUT2D eigenvalue weighted by molar-refractivity contribution is 5.10. The molecule has 0 aliphatic rings. The Bertz CT molecular complexity index is 130. The van der Waals surface area contributed by atoms with Crippen LogP contribution in [0.25, 0.3) is 0 Å². The van der Waals surface area contributed by atoms with Crippen molar-refractivity contribution in [2.75, 3.05) is 13.7 Å². The van der Waals surface area contributed by atoms with Crippen LogP contribution in [-0.4, -0.2) is 24.9 Å². The monoisotopic (exact) mass is 126 g/mol. The van der Waals surface area contributed by atoms with Crippen molar-refractivity contribution in [2.24, 2.45) is 0 Å². The van der Waals surface area contributed by atoms with E-state index in [9.17, 15) is 0 Å². The van der Waals surface area contributed by atoms with Crippen LogP contribution >= 0.6 is 0 Å². The van der Waals surface area contributed by atoms with Crippen molar-refractivity contribution in [3.05, 3.63) is 12.7 Å². The molecule has 0 aromatic rings. The van der Waals surface area contributed by atoms with E-state index in [1.165, 1.54) is 6.08 Å². The van der Waals surface area contributed by atoms with Gasteiger partial charge in [0.2, 0.25) is 0 Å². The number of ether oxygens (including phenoxy) is 1. The van der Waals surface area contributed by atoms with Crippen molar-refractivity contribution in [1.82, 2.24) is 0 Å². The molecule has 2 nitrogen and oxygen atoms in total. The third-order valence-electron chi connectivity index (χ3n) is 0.690. The van der Waals surface area contributed by atoms with Crippen molar-refractivity contribution in [2.45, 2.75) is 6.10 Å². The zero-order valence-corrected chi connectivity index (χ0v) is 5.42. The molecule has 50 valence electrons. The highest BCUT2D eigenvalue weighted by atomic mass is 16.5. The minimum Gasteiger partial charge on any atom is -0.377 e. The van der Waals surface area contributed by atoms with Crippen LogP contribution in [0.4, 0.5) is 0 Å². The van der Waals surface area contributed by atoms with Gasteiger partial charge in [0.1, 0.15) is 12.7 Å². The second kappa shape index (κ2) is 5.36. The quantitative estimate of drug-likeness (QED) is 0.422. The summed E-state index contributed by atoms with van der Waals surface area (Å²) in [6.45, 7) is 3.70. The van der Waals surface area contributed by atoms with Crippen molar-refractivity contribution in [3.8, 4) is 11.8 Å². The molecule has 0 amide bonds. The van der Waals surface area contributed by atoms with Crippen molar-refractivity contribution in [1.29, 1.82) is 0 Å². The van der Waals surface area contributed by atoms with Crippen LogP contribution in [0.2, 0.25) is 0 Å². The maximum Gasteiger partial charge on any atom is 0.133 e. The summed E-state index contributed by atoms with van der Waals surface area (Å²) in [5.41, 5.74) is 0. The molecule has 1 unspecified atom stereocenters. The highest BCUT2D eigenvalue weighted by Gasteiger charge is 1.84. The summed E-state index contributed by atoms with van der Waals surface area (Å²) in [6, 6.07) is 0. The lowest BCUT2D eigenvalue weighted by atomic mass is 10.3. The number of methoxy groups -OCH3 is 1. The van der Waals surface area contributed by atoms with Gasteiger partial charge in [0.25, 0.3) is 0 Å². The third kappa shape index (κ3) is 5.09. The second-order valence-electron chi connectivity index (χ2n) is 1.43. The third-order valence-corrected chi connectivity index (χ3v) is 0.690. The lowest BCUT2D eigenvalue weighted by Crippen LogP contribution is -1.96. The van der Waals surface area contributed by atoms with Crippen molar-refractivity contribution >= 4 is 0 Å². The minimum atomic E-state index is -0.722. The maximum atomic E-state index is 8.74. The SMILES string of the molecule is C=CC(O)C#CCOC. The standard InChI is InChI=1S/C7H10O2/c1-3-7(8)5-4-6-9-2/h3,7-8H,1,6H2,2H3. The van der Waals surface area contributed by atoms with Crippen LogP contribution in [0.1, 0.15) is 0 Å². The van der Waals surface area contributed by atoms with E-state index < -0.39 is 6.10 Å². The molecule has 0 radical (unpaired) electrons. The fourth-order valence-electron chi connectivity index (χ4n) is 0.277. The first-order chi connectivity index (χ1) is 4.31. The second-order valence-corrected chi connectivity index (χ2v) is 1.43. The lowest BCUT2D eigenvalue weighted by molar-refractivity contribution is 0.238. The average Bonchev–Trinajstić information content (AvgIpc) is 1.89. The van der Waals surface area contributed by atoms with Crippen molar-refractivity contribution in [3.63, 3.8) is 0 Å². The smallest absolute Gasteiger partial charge is 0.133 e. The minimum absolute atomic E-state index is 0.352. The predicted octanol–water partition coefficient (Wildman–Crippen LogP) is 0.183. The van der Waals surface area contributed by atoms with Gasteiger partial charge >= 0.3 is 0 Å². The first-order valence-corrected chi connectivity index (χ1v) is 2.59. The Morgan fingerprint density at radius 3 is 3.00 bits per heavy atom. The summed E-state index contributed by atoms with van der Waals surface area (Å²) in [5, 5.41) is 8.74. The van der Waals surface area contributed by atoms with E-state index >= 15 is 0 Å². The van der Waals surface area contributed by atoms with Gasteiger partial charge in [-0.2, -0.15) is 0 Å². The molecule has 0 aromatic heterocycles. The van der Waals surface area contributed by atoms with E-state index in [-0.39, 0.29) is 0 Å². The Labute approximate surface area is 55.1 Å². The maximum absolute atomic E-state index is 8.74. The van der Waals surface area contributed by atoms with Gasteiger partial charge < -0.3 is 9.84 Å². The number of aliphatic hydroxyl groups is 1. The molecule has 1 N–H and O–H groups in total. The normalized spacial score (nSPS) is 11.3. The number of rotatable bonds is 2. The number of hydrogen-bond donors (Lipinski definition) is 1. The van der Waals surface area contributed by atoms with Gasteiger partial charge in [-0.05, 0) is 0 Å². The Kier molecular flexibility index (Phi) is 4.89. The summed E-state index contributed by atoms with van der Waals surface area (Å²) in [6.07, 6.45) is 0.642. The zero-order valence-electron chi connectivity index (χ0n) is 5.42. The van der Waals surface area contributed by atoms with Gasteiger partial charge in [0.15, 0.2) is 0 Å². The summed E-state index contributed by atoms with van der Waals surface area (Å²) >= 11 is 0. The Morgan fingerprint density at radius 1 is 1.89 bits per heavy atom. The molecule has 0 rings (SSSR count). The topological polar surface area (TPSA) is 29.5 Å². The molecule has 0 aliphatic heterocycles. The van der Waals surface area contributed by atoms with Gasteiger partial charge in [-0.3, -0.25) is 0 Å². The first kappa shape index (κ1) is 8.22. The van der Waals surface area contributed by atoms with E-state index in [1.54, 1.807) is 7.11 Å². The Hall–Kier alpha value is -0.780. The zero-order chi connectivity index (χ0) is 7.11. The van der Waals surface area contributed by atoms with Crippen LogP contribution in [-0.2, 0) is 4.74 Å². The fourth-order valence-corrected chi connectivity index (χ4v) is 0.277. The predicted molar refractivity (Wildman–Crippen MR) is 35.9 cm³/mol. The molecule has 0 aromatic carbocycles. The summed E-state index contributed by atoms with van der Waals surface area (Å²) in [7, 11) is 1.55. The highest BCUT2D eigenvalue weighted by Crippen LogP contribution is 1.77. The molecule has 0 aliphatic carbocycles. The van der Waals surface area contributed by atoms with Crippen LogP contribution in [0.15, 0.2) is 12.7 Å². The van der Waals surface area contributed by atoms with E-state index in [1.807, 2.05) is 0 Å². The van der Waals surface area contributed by atoms with Crippen LogP contribution in [0.3, 0.4) is 0 Å². The summed E-state index contributed by atoms with van der Waals surface area (Å²) < 4.78 is 4.62. The largest absolute Gasteiger partial charge is 0.377 e. The molecule has 2 heteroatoms. The number of aliphatic hydroxyl groups excluding tert-OH is 1. The summed E-state index contributed by atoms with van der Waals surface area (Å²) in [4.78, 5) is 0. The molecule has 0 bridgehead atoms. The van der Waals surface area contributed by atoms with Gasteiger partial charge in [-0.25, -0.2) is 0 Å². The first-order valence-electron chi connectivity index (χ1n) is 2.59. The number of hydrogen-bond acceptors (Lipinski definition) is 2. The molecule has 0 saturated heterocycles. The van der Waals surface area contributed by atoms with Crippen LogP contribution < -0.4 is 0 Å². The van der Waals surface area contributed by atoms with E-state index in [2.05, 4.69) is 23.2 Å². The molecule has 0 fully saturated rings. The average molecular weight is 126 g/mol. The Morgan fingerprint density at radius 2 is 2.56 bits per heavy atom. The van der Waals surface area contributed by atoms with Gasteiger partial charge in [0, 0.05) is 7.11 Å². The molecule has 1 atom stereocenters.